The molecule has 0 aromatic heterocycles. The number of rotatable bonds is 5. The third-order valence-electron chi connectivity index (χ3n) is 3.37. The van der Waals surface area contributed by atoms with Crippen molar-refractivity contribution in [3.63, 3.8) is 0 Å². The SMILES string of the molecule is C=CCNCC(=O)N1CCCC1c1cccc(Cl)c1. The van der Waals surface area contributed by atoms with Gasteiger partial charge in [-0.1, -0.05) is 29.8 Å². The number of likely N-dealkylation sites (tertiary alicyclic amines) is 1. The quantitative estimate of drug-likeness (QED) is 0.663. The average Bonchev–Trinajstić information content (AvgIpc) is 2.88. The molecule has 1 aliphatic rings. The molecule has 0 bridgehead atoms. The molecule has 0 saturated carbocycles. The van der Waals surface area contributed by atoms with Crippen LogP contribution >= 0.6 is 11.6 Å². The first-order valence-corrected chi connectivity index (χ1v) is 6.96. The first-order chi connectivity index (χ1) is 9.22. The van der Waals surface area contributed by atoms with Crippen molar-refractivity contribution in [3.8, 4) is 0 Å². The second-order valence-corrected chi connectivity index (χ2v) is 5.16. The van der Waals surface area contributed by atoms with Gasteiger partial charge in [-0.25, -0.2) is 0 Å². The summed E-state index contributed by atoms with van der Waals surface area (Å²) in [5, 5.41) is 3.78. The van der Waals surface area contributed by atoms with E-state index in [4.69, 9.17) is 11.6 Å². The van der Waals surface area contributed by atoms with E-state index < -0.39 is 0 Å². The van der Waals surface area contributed by atoms with Gasteiger partial charge in [0, 0.05) is 18.1 Å². The predicted octanol–water partition coefficient (Wildman–Crippen LogP) is 2.78. The zero-order chi connectivity index (χ0) is 13.7. The lowest BCUT2D eigenvalue weighted by atomic mass is 10.0. The van der Waals surface area contributed by atoms with Crippen LogP contribution in [-0.4, -0.2) is 30.4 Å². The smallest absolute Gasteiger partial charge is 0.237 e. The molecule has 1 N–H and O–H groups in total. The summed E-state index contributed by atoms with van der Waals surface area (Å²) >= 11 is 6.03. The Morgan fingerprint density at radius 2 is 2.42 bits per heavy atom. The van der Waals surface area contributed by atoms with E-state index >= 15 is 0 Å². The van der Waals surface area contributed by atoms with Gasteiger partial charge in [0.2, 0.25) is 5.91 Å². The molecule has 1 aliphatic heterocycles. The van der Waals surface area contributed by atoms with Crippen LogP contribution in [0.1, 0.15) is 24.4 Å². The Balaban J connectivity index is 2.04. The highest BCUT2D eigenvalue weighted by molar-refractivity contribution is 6.30. The van der Waals surface area contributed by atoms with Gasteiger partial charge in [-0.15, -0.1) is 6.58 Å². The summed E-state index contributed by atoms with van der Waals surface area (Å²) in [5.74, 6) is 0.143. The lowest BCUT2D eigenvalue weighted by Gasteiger charge is -2.25. The van der Waals surface area contributed by atoms with Crippen LogP contribution in [0.3, 0.4) is 0 Å². The number of hydrogen-bond acceptors (Lipinski definition) is 2. The van der Waals surface area contributed by atoms with Gasteiger partial charge < -0.3 is 10.2 Å². The van der Waals surface area contributed by atoms with E-state index in [0.717, 1.165) is 30.0 Å². The molecule has 1 aromatic carbocycles. The Morgan fingerprint density at radius 1 is 1.58 bits per heavy atom. The molecule has 4 heteroatoms. The summed E-state index contributed by atoms with van der Waals surface area (Å²) in [6.07, 6.45) is 3.81. The molecule has 19 heavy (non-hydrogen) atoms. The molecule has 0 spiro atoms. The molecule has 1 amide bonds. The second-order valence-electron chi connectivity index (χ2n) is 4.72. The molecular weight excluding hydrogens is 260 g/mol. The van der Waals surface area contributed by atoms with Crippen LogP contribution in [0.2, 0.25) is 5.02 Å². The van der Waals surface area contributed by atoms with E-state index in [1.165, 1.54) is 0 Å². The largest absolute Gasteiger partial charge is 0.335 e. The Bertz CT molecular complexity index is 461. The van der Waals surface area contributed by atoms with Crippen molar-refractivity contribution in [3.05, 3.63) is 47.5 Å². The maximum Gasteiger partial charge on any atom is 0.237 e. The molecule has 0 aliphatic carbocycles. The van der Waals surface area contributed by atoms with Crippen LogP contribution in [-0.2, 0) is 4.79 Å². The van der Waals surface area contributed by atoms with Gasteiger partial charge in [-0.2, -0.15) is 0 Å². The van der Waals surface area contributed by atoms with Crippen LogP contribution in [0.25, 0.3) is 0 Å². The fraction of sp³-hybridized carbons (Fsp3) is 0.400. The number of nitrogens with one attached hydrogen (secondary N) is 1. The van der Waals surface area contributed by atoms with Crippen LogP contribution in [0, 0.1) is 0 Å². The van der Waals surface area contributed by atoms with Gasteiger partial charge in [-0.3, -0.25) is 4.79 Å². The Hall–Kier alpha value is -1.32. The van der Waals surface area contributed by atoms with Crippen molar-refractivity contribution >= 4 is 17.5 Å². The molecule has 1 saturated heterocycles. The summed E-state index contributed by atoms with van der Waals surface area (Å²) < 4.78 is 0. The van der Waals surface area contributed by atoms with E-state index in [1.807, 2.05) is 29.2 Å². The standard InChI is InChI=1S/C15H19ClN2O/c1-2-8-17-11-15(19)18-9-4-7-14(18)12-5-3-6-13(16)10-12/h2-3,5-6,10,14,17H,1,4,7-9,11H2. The number of carbonyl (C=O) groups excluding carboxylic acids is 1. The molecule has 1 heterocycles. The van der Waals surface area contributed by atoms with Gasteiger partial charge in [-0.05, 0) is 30.5 Å². The van der Waals surface area contributed by atoms with Gasteiger partial charge >= 0.3 is 0 Å². The minimum atomic E-state index is 0.143. The Morgan fingerprint density at radius 3 is 3.16 bits per heavy atom. The van der Waals surface area contributed by atoms with Crippen molar-refractivity contribution in [1.82, 2.24) is 10.2 Å². The maximum atomic E-state index is 12.2. The van der Waals surface area contributed by atoms with Gasteiger partial charge in [0.15, 0.2) is 0 Å². The molecule has 1 unspecified atom stereocenters. The molecule has 1 aromatic rings. The van der Waals surface area contributed by atoms with E-state index in [0.29, 0.717) is 13.1 Å². The zero-order valence-corrected chi connectivity index (χ0v) is 11.7. The van der Waals surface area contributed by atoms with Crippen LogP contribution in [0.5, 0.6) is 0 Å². The fourth-order valence-corrected chi connectivity index (χ4v) is 2.71. The number of amides is 1. The summed E-state index contributed by atoms with van der Waals surface area (Å²) in [5.41, 5.74) is 1.13. The molecule has 1 atom stereocenters. The monoisotopic (exact) mass is 278 g/mol. The molecule has 0 radical (unpaired) electrons. The normalized spacial score (nSPS) is 18.6. The third-order valence-corrected chi connectivity index (χ3v) is 3.61. The Kier molecular flexibility index (Phi) is 5.00. The number of halogens is 1. The summed E-state index contributed by atoms with van der Waals surface area (Å²) in [6, 6.07) is 7.96. The van der Waals surface area contributed by atoms with Gasteiger partial charge in [0.05, 0.1) is 12.6 Å². The van der Waals surface area contributed by atoms with Gasteiger partial charge in [0.1, 0.15) is 0 Å². The van der Waals surface area contributed by atoms with Crippen LogP contribution in [0.4, 0.5) is 0 Å². The average molecular weight is 279 g/mol. The highest BCUT2D eigenvalue weighted by Gasteiger charge is 2.29. The first-order valence-electron chi connectivity index (χ1n) is 6.59. The van der Waals surface area contributed by atoms with Crippen molar-refractivity contribution in [2.45, 2.75) is 18.9 Å². The van der Waals surface area contributed by atoms with E-state index in [1.54, 1.807) is 6.08 Å². The van der Waals surface area contributed by atoms with Gasteiger partial charge in [0.25, 0.3) is 0 Å². The predicted molar refractivity (Wildman–Crippen MR) is 78.2 cm³/mol. The Labute approximate surface area is 119 Å². The van der Waals surface area contributed by atoms with Crippen LogP contribution < -0.4 is 5.32 Å². The maximum absolute atomic E-state index is 12.2. The minimum absolute atomic E-state index is 0.143. The third kappa shape index (κ3) is 3.58. The molecule has 2 rings (SSSR count). The second kappa shape index (κ2) is 6.73. The van der Waals surface area contributed by atoms with E-state index in [2.05, 4.69) is 11.9 Å². The highest BCUT2D eigenvalue weighted by atomic mass is 35.5. The van der Waals surface area contributed by atoms with Crippen molar-refractivity contribution in [2.75, 3.05) is 19.6 Å². The number of benzene rings is 1. The first kappa shape index (κ1) is 14.1. The molecular formula is C15H19ClN2O. The molecule has 3 nitrogen and oxygen atoms in total. The fourth-order valence-electron chi connectivity index (χ4n) is 2.51. The number of nitrogens with zero attached hydrogens (tertiary/aromatic N) is 1. The van der Waals surface area contributed by atoms with E-state index in [-0.39, 0.29) is 11.9 Å². The number of hydrogen-bond donors (Lipinski definition) is 1. The van der Waals surface area contributed by atoms with Crippen molar-refractivity contribution < 1.29 is 4.79 Å². The summed E-state index contributed by atoms with van der Waals surface area (Å²) in [6.45, 7) is 5.47. The lowest BCUT2D eigenvalue weighted by Crippen LogP contribution is -2.37. The topological polar surface area (TPSA) is 32.3 Å². The molecule has 102 valence electrons. The minimum Gasteiger partial charge on any atom is -0.335 e. The van der Waals surface area contributed by atoms with Crippen LogP contribution in [0.15, 0.2) is 36.9 Å². The lowest BCUT2D eigenvalue weighted by molar-refractivity contribution is -0.131. The molecule has 1 fully saturated rings. The van der Waals surface area contributed by atoms with Crippen molar-refractivity contribution in [2.24, 2.45) is 0 Å². The van der Waals surface area contributed by atoms with Crippen molar-refractivity contribution in [1.29, 1.82) is 0 Å². The highest BCUT2D eigenvalue weighted by Crippen LogP contribution is 2.32. The zero-order valence-electron chi connectivity index (χ0n) is 10.9. The van der Waals surface area contributed by atoms with E-state index in [9.17, 15) is 4.79 Å². The number of carbonyl (C=O) groups is 1. The summed E-state index contributed by atoms with van der Waals surface area (Å²) in [4.78, 5) is 14.1. The summed E-state index contributed by atoms with van der Waals surface area (Å²) in [7, 11) is 0.